The summed E-state index contributed by atoms with van der Waals surface area (Å²) >= 11 is 0. The maximum Gasteiger partial charge on any atom is 0.220 e. The van der Waals surface area contributed by atoms with E-state index in [1.807, 2.05) is 4.90 Å². The highest BCUT2D eigenvalue weighted by molar-refractivity contribution is 6.26. The van der Waals surface area contributed by atoms with E-state index in [1.165, 1.54) is 17.7 Å². The van der Waals surface area contributed by atoms with E-state index in [1.54, 1.807) is 30.3 Å². The van der Waals surface area contributed by atoms with Crippen LogP contribution in [0.2, 0.25) is 0 Å². The molecular weight excluding hydrogens is 555 g/mol. The number of ketones is 4. The Balaban J connectivity index is 1.01. The van der Waals surface area contributed by atoms with E-state index < -0.39 is 17.5 Å². The van der Waals surface area contributed by atoms with Gasteiger partial charge in [0.1, 0.15) is 11.6 Å². The van der Waals surface area contributed by atoms with Crippen LogP contribution >= 0.6 is 0 Å². The second-order valence-electron chi connectivity index (χ2n) is 11.8. The molecule has 1 unspecified atom stereocenters. The number of fused-ring (bicyclic) bond motifs is 3. The fourth-order valence-electron chi connectivity index (χ4n) is 6.60. The number of hydrogen-bond acceptors (Lipinski definition) is 9. The zero-order valence-electron chi connectivity index (χ0n) is 23.8. The Hall–Kier alpha value is -4.45. The predicted molar refractivity (Wildman–Crippen MR) is 153 cm³/mol. The Bertz CT molecular complexity index is 1690. The van der Waals surface area contributed by atoms with Crippen LogP contribution in [0.5, 0.6) is 0 Å². The molecule has 0 N–H and O–H groups in total. The van der Waals surface area contributed by atoms with Crippen LogP contribution in [0.15, 0.2) is 36.4 Å². The van der Waals surface area contributed by atoms with Gasteiger partial charge in [-0.05, 0) is 38.3 Å². The summed E-state index contributed by atoms with van der Waals surface area (Å²) in [5, 5.41) is 16.4. The van der Waals surface area contributed by atoms with Gasteiger partial charge in [0.15, 0.2) is 11.5 Å². The summed E-state index contributed by atoms with van der Waals surface area (Å²) < 4.78 is 16.6. The lowest BCUT2D eigenvalue weighted by molar-refractivity contribution is -0.749. The van der Waals surface area contributed by atoms with Gasteiger partial charge >= 0.3 is 0 Å². The average molecular weight is 587 g/mol. The summed E-state index contributed by atoms with van der Waals surface area (Å²) in [6, 6.07) is 9.86. The Labute approximate surface area is 247 Å². The minimum Gasteiger partial charge on any atom is -0.571 e. The molecule has 7 rings (SSSR count). The Morgan fingerprint density at radius 1 is 0.977 bits per heavy atom. The monoisotopic (exact) mass is 586 g/mol. The van der Waals surface area contributed by atoms with E-state index in [9.17, 15) is 24.4 Å². The van der Waals surface area contributed by atoms with Crippen molar-refractivity contribution >= 4 is 34.5 Å². The molecule has 1 atom stereocenters. The number of anilines is 2. The molecule has 1 aromatic heterocycles. The minimum absolute atomic E-state index is 0.0275. The van der Waals surface area contributed by atoms with Crippen LogP contribution in [-0.4, -0.2) is 83.1 Å². The fourth-order valence-corrected chi connectivity index (χ4v) is 6.60. The molecule has 1 saturated carbocycles. The third-order valence-electron chi connectivity index (χ3n) is 9.09. The molecule has 0 spiro atoms. The number of Topliss-reactive ketones (excluding diaryl/α,β-unsaturated/α-hetero) is 2. The molecule has 0 bridgehead atoms. The normalized spacial score (nSPS) is 20.2. The van der Waals surface area contributed by atoms with Crippen molar-refractivity contribution in [2.45, 2.75) is 38.8 Å². The SMILES string of the molecule is CC(=O)C1CN(C2CC2)c2cc(N3CCN(CCCn4c5c(n[n+]4[O-])C(=O)c4ccccc4C5=O)CC3)c(F)cc2C1=O. The summed E-state index contributed by atoms with van der Waals surface area (Å²) in [5.74, 6) is -2.52. The van der Waals surface area contributed by atoms with Crippen LogP contribution < -0.4 is 14.8 Å². The summed E-state index contributed by atoms with van der Waals surface area (Å²) in [4.78, 5) is 57.7. The standard InChI is InChI=1S/C31H31FN6O5/c1-18(39)23-17-36(19-7-8-19)25-16-26(24(32)15-22(25)29(23)40)35-13-11-34(12-14-35)9-4-10-37-28-27(33-38(37)43)30(41)20-5-2-3-6-21(20)31(28)42/h2-3,5-6,15-16,19,23H,4,7-14,17H2,1H3. The zero-order chi connectivity index (χ0) is 30.0. The Morgan fingerprint density at radius 3 is 2.35 bits per heavy atom. The van der Waals surface area contributed by atoms with E-state index in [-0.39, 0.29) is 52.5 Å². The van der Waals surface area contributed by atoms with Gasteiger partial charge in [0.05, 0.1) is 23.8 Å². The third-order valence-corrected chi connectivity index (χ3v) is 9.09. The third kappa shape index (κ3) is 4.60. The smallest absolute Gasteiger partial charge is 0.220 e. The Morgan fingerprint density at radius 2 is 1.67 bits per heavy atom. The number of nitrogens with zero attached hydrogens (tertiary/aromatic N) is 6. The van der Waals surface area contributed by atoms with Gasteiger partial charge in [-0.1, -0.05) is 24.3 Å². The summed E-state index contributed by atoms with van der Waals surface area (Å²) in [5.41, 5.74) is 1.91. The zero-order valence-corrected chi connectivity index (χ0v) is 23.8. The molecule has 4 aliphatic rings. The second kappa shape index (κ2) is 10.4. The minimum atomic E-state index is -0.750. The van der Waals surface area contributed by atoms with Gasteiger partial charge in [0.25, 0.3) is 0 Å². The topological polar surface area (TPSA) is 123 Å². The maximum atomic E-state index is 15.4. The molecule has 1 saturated heterocycles. The lowest BCUT2D eigenvalue weighted by Gasteiger charge is -2.38. The maximum absolute atomic E-state index is 15.4. The van der Waals surface area contributed by atoms with Crippen LogP contribution in [0.25, 0.3) is 0 Å². The van der Waals surface area contributed by atoms with Crippen molar-refractivity contribution in [3.05, 3.63) is 75.5 Å². The molecule has 2 fully saturated rings. The van der Waals surface area contributed by atoms with Crippen molar-refractivity contribution in [2.24, 2.45) is 5.92 Å². The first-order chi connectivity index (χ1) is 20.7. The number of hydrogen-bond donors (Lipinski definition) is 0. The number of piperazine rings is 1. The highest BCUT2D eigenvalue weighted by Crippen LogP contribution is 2.41. The number of carbonyl (C=O) groups excluding carboxylic acids is 4. The van der Waals surface area contributed by atoms with Crippen LogP contribution in [0.4, 0.5) is 15.8 Å². The number of carbonyl (C=O) groups is 4. The van der Waals surface area contributed by atoms with Crippen molar-refractivity contribution in [1.82, 2.24) is 14.7 Å². The number of halogens is 1. The molecule has 2 aromatic carbocycles. The molecule has 222 valence electrons. The van der Waals surface area contributed by atoms with Crippen molar-refractivity contribution in [1.29, 1.82) is 0 Å². The highest BCUT2D eigenvalue weighted by Gasteiger charge is 2.42. The lowest BCUT2D eigenvalue weighted by Crippen LogP contribution is -2.48. The first-order valence-electron chi connectivity index (χ1n) is 14.7. The number of benzene rings is 2. The number of rotatable bonds is 7. The van der Waals surface area contributed by atoms with E-state index >= 15 is 4.39 Å². The van der Waals surface area contributed by atoms with Crippen molar-refractivity contribution in [3.63, 3.8) is 0 Å². The molecule has 3 heterocycles. The van der Waals surface area contributed by atoms with E-state index in [0.29, 0.717) is 67.6 Å². The summed E-state index contributed by atoms with van der Waals surface area (Å²) in [7, 11) is 0. The molecule has 2 aliphatic heterocycles. The molecule has 0 radical (unpaired) electrons. The molecule has 3 aromatic rings. The number of aromatic nitrogens is 3. The second-order valence-corrected chi connectivity index (χ2v) is 11.8. The largest absolute Gasteiger partial charge is 0.571 e. The molecule has 43 heavy (non-hydrogen) atoms. The van der Waals surface area contributed by atoms with Crippen LogP contribution in [0.1, 0.15) is 68.6 Å². The van der Waals surface area contributed by atoms with E-state index in [2.05, 4.69) is 14.9 Å². The predicted octanol–water partition coefficient (Wildman–Crippen LogP) is 2.01. The molecular formula is C31H31FN6O5. The van der Waals surface area contributed by atoms with Crippen molar-refractivity contribution in [2.75, 3.05) is 49.1 Å². The lowest BCUT2D eigenvalue weighted by atomic mass is 9.88. The van der Waals surface area contributed by atoms with Gasteiger partial charge in [0.2, 0.25) is 17.3 Å². The summed E-state index contributed by atoms with van der Waals surface area (Å²) in [6.07, 6.45) is 2.54. The van der Waals surface area contributed by atoms with Crippen LogP contribution in [0, 0.1) is 16.9 Å². The molecule has 11 nitrogen and oxygen atoms in total. The van der Waals surface area contributed by atoms with Crippen LogP contribution in [-0.2, 0) is 11.3 Å². The molecule has 0 amide bonds. The molecule has 2 aliphatic carbocycles. The quantitative estimate of drug-likeness (QED) is 0.182. The van der Waals surface area contributed by atoms with Gasteiger partial charge in [-0.25, -0.2) is 4.39 Å². The van der Waals surface area contributed by atoms with Crippen molar-refractivity contribution in [3.8, 4) is 0 Å². The van der Waals surface area contributed by atoms with Crippen molar-refractivity contribution < 1.29 is 28.5 Å². The fraction of sp³-hybridized carbons (Fsp3) is 0.419. The first-order valence-corrected chi connectivity index (χ1v) is 14.7. The molecule has 12 heteroatoms. The average Bonchev–Trinajstić information content (AvgIpc) is 3.79. The summed E-state index contributed by atoms with van der Waals surface area (Å²) in [6.45, 7) is 5.12. The van der Waals surface area contributed by atoms with Gasteiger partial charge in [-0.3, -0.25) is 24.1 Å². The highest BCUT2D eigenvalue weighted by atomic mass is 19.1. The Kier molecular flexibility index (Phi) is 6.60. The van der Waals surface area contributed by atoms with Crippen LogP contribution in [0.3, 0.4) is 0 Å². The van der Waals surface area contributed by atoms with Gasteiger partial charge in [-0.2, -0.15) is 0 Å². The van der Waals surface area contributed by atoms with E-state index in [0.717, 1.165) is 12.8 Å². The van der Waals surface area contributed by atoms with E-state index in [4.69, 9.17) is 0 Å². The van der Waals surface area contributed by atoms with Gasteiger partial charge < -0.3 is 15.0 Å². The van der Waals surface area contributed by atoms with Gasteiger partial charge in [0, 0.05) is 72.1 Å². The first kappa shape index (κ1) is 27.4. The van der Waals surface area contributed by atoms with Gasteiger partial charge in [-0.15, -0.1) is 4.68 Å².